The second-order valence-corrected chi connectivity index (χ2v) is 5.62. The van der Waals surface area contributed by atoms with Crippen LogP contribution in [0.1, 0.15) is 16.2 Å². The second kappa shape index (κ2) is 5.71. The van der Waals surface area contributed by atoms with Crippen LogP contribution in [0.3, 0.4) is 0 Å². The van der Waals surface area contributed by atoms with Crippen LogP contribution in [0.25, 0.3) is 0 Å². The van der Waals surface area contributed by atoms with Crippen LogP contribution in [0.2, 0.25) is 0 Å². The second-order valence-electron chi connectivity index (χ2n) is 3.38. The van der Waals surface area contributed by atoms with Crippen molar-refractivity contribution in [2.75, 3.05) is 11.1 Å². The molecule has 0 aliphatic carbocycles. The Bertz CT molecular complexity index is 583. The van der Waals surface area contributed by atoms with Crippen molar-refractivity contribution in [2.24, 2.45) is 0 Å². The first kappa shape index (κ1) is 12.7. The summed E-state index contributed by atoms with van der Waals surface area (Å²) >= 11 is 2.81. The number of aryl methyl sites for hydroxylation is 1. The molecule has 2 rings (SSSR count). The van der Waals surface area contributed by atoms with E-state index in [-0.39, 0.29) is 5.91 Å². The molecule has 7 heteroatoms. The molecular weight excluding hydrogens is 268 g/mol. The molecule has 0 fully saturated rings. The van der Waals surface area contributed by atoms with Crippen LogP contribution in [0.5, 0.6) is 0 Å². The van der Waals surface area contributed by atoms with Crippen LogP contribution in [0.15, 0.2) is 22.5 Å². The highest BCUT2D eigenvalue weighted by Gasteiger charge is 2.12. The predicted molar refractivity (Wildman–Crippen MR) is 71.9 cm³/mol. The first-order valence-electron chi connectivity index (χ1n) is 5.12. The van der Waals surface area contributed by atoms with E-state index in [0.717, 1.165) is 9.90 Å². The van der Waals surface area contributed by atoms with Gasteiger partial charge in [0.1, 0.15) is 5.69 Å². The number of hydrogen-bond acceptors (Lipinski definition) is 5. The molecule has 2 aromatic heterocycles. The molecule has 0 saturated heterocycles. The first-order chi connectivity index (χ1) is 8.70. The zero-order valence-electron chi connectivity index (χ0n) is 9.56. The van der Waals surface area contributed by atoms with E-state index in [4.69, 9.17) is 5.26 Å². The molecule has 2 heterocycles. The van der Waals surface area contributed by atoms with E-state index >= 15 is 0 Å². The summed E-state index contributed by atoms with van der Waals surface area (Å²) in [5.41, 5.74) is 1.33. The Morgan fingerprint density at radius 3 is 3.22 bits per heavy atom. The molecule has 0 aliphatic heterocycles. The number of thioether (sulfide) groups is 1. The molecule has 2 N–H and O–H groups in total. The van der Waals surface area contributed by atoms with Crippen molar-refractivity contribution in [3.63, 3.8) is 0 Å². The molecule has 0 aromatic carbocycles. The predicted octanol–water partition coefficient (Wildman–Crippen LogP) is 2.65. The van der Waals surface area contributed by atoms with Crippen LogP contribution < -0.4 is 5.32 Å². The maximum atomic E-state index is 11.8. The van der Waals surface area contributed by atoms with Crippen molar-refractivity contribution in [1.29, 1.82) is 5.26 Å². The monoisotopic (exact) mass is 278 g/mol. The van der Waals surface area contributed by atoms with E-state index < -0.39 is 0 Å². The highest BCUT2D eigenvalue weighted by Crippen LogP contribution is 2.31. The quantitative estimate of drug-likeness (QED) is 0.842. The Morgan fingerprint density at radius 2 is 2.56 bits per heavy atom. The zero-order valence-corrected chi connectivity index (χ0v) is 11.2. The number of aromatic nitrogens is 2. The molecule has 18 heavy (non-hydrogen) atoms. The fraction of sp³-hybridized carbons (Fsp3) is 0.182. The van der Waals surface area contributed by atoms with E-state index in [1.165, 1.54) is 23.1 Å². The van der Waals surface area contributed by atoms with Gasteiger partial charge in [0.15, 0.2) is 5.13 Å². The van der Waals surface area contributed by atoms with Crippen molar-refractivity contribution in [3.8, 4) is 6.07 Å². The molecule has 0 spiro atoms. The minimum absolute atomic E-state index is 0.217. The number of anilines is 1. The lowest BCUT2D eigenvalue weighted by Crippen LogP contribution is -2.11. The minimum Gasteiger partial charge on any atom is -0.357 e. The van der Waals surface area contributed by atoms with Gasteiger partial charge in [0, 0.05) is 6.20 Å². The largest absolute Gasteiger partial charge is 0.357 e. The number of thiazole rings is 1. The van der Waals surface area contributed by atoms with Gasteiger partial charge in [-0.1, -0.05) is 23.1 Å². The summed E-state index contributed by atoms with van der Waals surface area (Å²) in [6.45, 7) is 1.86. The summed E-state index contributed by atoms with van der Waals surface area (Å²) in [6, 6.07) is 5.52. The van der Waals surface area contributed by atoms with Crippen molar-refractivity contribution in [3.05, 3.63) is 29.7 Å². The fourth-order valence-electron chi connectivity index (χ4n) is 1.30. The van der Waals surface area contributed by atoms with E-state index in [0.29, 0.717) is 16.6 Å². The van der Waals surface area contributed by atoms with Crippen molar-refractivity contribution >= 4 is 34.1 Å². The molecule has 0 atom stereocenters. The standard InChI is InChI=1S/C11H10N4OS2/c1-7-10(17-6-4-12)18-11(14-7)15-9(16)8-3-2-5-13-8/h2-3,5,13H,6H2,1H3,(H,14,15,16). The van der Waals surface area contributed by atoms with Crippen LogP contribution >= 0.6 is 23.1 Å². The molecule has 2 aromatic rings. The van der Waals surface area contributed by atoms with Gasteiger partial charge in [0.05, 0.1) is 21.7 Å². The molecule has 0 saturated carbocycles. The third-order valence-electron chi connectivity index (χ3n) is 2.08. The maximum Gasteiger partial charge on any atom is 0.273 e. The van der Waals surface area contributed by atoms with E-state index in [1.807, 2.05) is 6.92 Å². The van der Waals surface area contributed by atoms with Gasteiger partial charge < -0.3 is 4.98 Å². The van der Waals surface area contributed by atoms with Gasteiger partial charge in [-0.05, 0) is 19.1 Å². The lowest BCUT2D eigenvalue weighted by Gasteiger charge is -1.97. The van der Waals surface area contributed by atoms with Gasteiger partial charge >= 0.3 is 0 Å². The molecule has 5 nitrogen and oxygen atoms in total. The number of nitrogens with zero attached hydrogens (tertiary/aromatic N) is 2. The van der Waals surface area contributed by atoms with Crippen LogP contribution in [-0.4, -0.2) is 21.6 Å². The highest BCUT2D eigenvalue weighted by molar-refractivity contribution is 8.01. The van der Waals surface area contributed by atoms with Crippen molar-refractivity contribution in [1.82, 2.24) is 9.97 Å². The number of amides is 1. The lowest BCUT2D eigenvalue weighted by atomic mass is 10.4. The number of nitrogens with one attached hydrogen (secondary N) is 2. The Morgan fingerprint density at radius 1 is 1.72 bits per heavy atom. The molecular formula is C11H10N4OS2. The van der Waals surface area contributed by atoms with Gasteiger partial charge in [-0.15, -0.1) is 0 Å². The lowest BCUT2D eigenvalue weighted by molar-refractivity contribution is 0.102. The normalized spacial score (nSPS) is 10.0. The Hall–Kier alpha value is -1.78. The van der Waals surface area contributed by atoms with Gasteiger partial charge in [0.25, 0.3) is 5.91 Å². The van der Waals surface area contributed by atoms with E-state index in [1.54, 1.807) is 18.3 Å². The van der Waals surface area contributed by atoms with Gasteiger partial charge in [-0.3, -0.25) is 10.1 Å². The Labute approximate surface area is 112 Å². The SMILES string of the molecule is Cc1nc(NC(=O)c2ccc[nH]2)sc1SCC#N. The summed E-state index contributed by atoms with van der Waals surface area (Å²) in [6.07, 6.45) is 1.69. The number of hydrogen-bond donors (Lipinski definition) is 2. The van der Waals surface area contributed by atoms with E-state index in [2.05, 4.69) is 21.4 Å². The summed E-state index contributed by atoms with van der Waals surface area (Å²) in [4.78, 5) is 18.9. The molecule has 0 radical (unpaired) electrons. The summed E-state index contributed by atoms with van der Waals surface area (Å²) < 4.78 is 0.957. The minimum atomic E-state index is -0.217. The smallest absolute Gasteiger partial charge is 0.273 e. The molecule has 0 bridgehead atoms. The zero-order chi connectivity index (χ0) is 13.0. The number of carbonyl (C=O) groups is 1. The Kier molecular flexibility index (Phi) is 4.02. The van der Waals surface area contributed by atoms with Crippen LogP contribution in [0, 0.1) is 18.3 Å². The summed E-state index contributed by atoms with van der Waals surface area (Å²) in [5, 5.41) is 11.8. The van der Waals surface area contributed by atoms with Gasteiger partial charge in [-0.2, -0.15) is 5.26 Å². The van der Waals surface area contributed by atoms with Crippen LogP contribution in [0.4, 0.5) is 5.13 Å². The van der Waals surface area contributed by atoms with Crippen molar-refractivity contribution < 1.29 is 4.79 Å². The number of nitriles is 1. The third-order valence-corrected chi connectivity index (χ3v) is 4.39. The van der Waals surface area contributed by atoms with E-state index in [9.17, 15) is 4.79 Å². The number of carbonyl (C=O) groups excluding carboxylic acids is 1. The third kappa shape index (κ3) is 2.91. The topological polar surface area (TPSA) is 81.6 Å². The number of rotatable bonds is 4. The first-order valence-corrected chi connectivity index (χ1v) is 6.93. The Balaban J connectivity index is 2.06. The maximum absolute atomic E-state index is 11.8. The molecule has 92 valence electrons. The van der Waals surface area contributed by atoms with Gasteiger partial charge in [-0.25, -0.2) is 4.98 Å². The molecule has 0 unspecified atom stereocenters. The highest BCUT2D eigenvalue weighted by atomic mass is 32.2. The molecule has 1 amide bonds. The summed E-state index contributed by atoms with van der Waals surface area (Å²) in [5.74, 6) is 0.165. The number of H-pyrrole nitrogens is 1. The molecule has 0 aliphatic rings. The number of aromatic amines is 1. The fourth-order valence-corrected chi connectivity index (χ4v) is 3.10. The average Bonchev–Trinajstić information content (AvgIpc) is 2.96. The van der Waals surface area contributed by atoms with Crippen LogP contribution in [-0.2, 0) is 0 Å². The summed E-state index contributed by atoms with van der Waals surface area (Å²) in [7, 11) is 0. The average molecular weight is 278 g/mol. The van der Waals surface area contributed by atoms with Crippen molar-refractivity contribution in [2.45, 2.75) is 11.1 Å². The van der Waals surface area contributed by atoms with Gasteiger partial charge in [0.2, 0.25) is 0 Å².